The van der Waals surface area contributed by atoms with Gasteiger partial charge in [-0.25, -0.2) is 4.98 Å². The molecule has 1 aromatic heterocycles. The Morgan fingerprint density at radius 3 is 2.93 bits per heavy atom. The Balaban J connectivity index is 1.92. The quantitative estimate of drug-likeness (QED) is 0.823. The van der Waals surface area contributed by atoms with Gasteiger partial charge in [-0.2, -0.15) is 0 Å². The monoisotopic (exact) mass is 209 g/mol. The molecule has 1 aliphatic rings. The van der Waals surface area contributed by atoms with Crippen LogP contribution in [0, 0.1) is 0 Å². The van der Waals surface area contributed by atoms with Gasteiger partial charge in [0.1, 0.15) is 5.76 Å². The second kappa shape index (κ2) is 4.47. The Hall–Kier alpha value is -1.32. The van der Waals surface area contributed by atoms with Crippen LogP contribution in [0.1, 0.15) is 43.0 Å². The number of carbonyl (C=O) groups is 1. The number of hydrogen-bond acceptors (Lipinski definition) is 3. The van der Waals surface area contributed by atoms with Crippen molar-refractivity contribution in [2.45, 2.75) is 44.9 Å². The van der Waals surface area contributed by atoms with E-state index in [1.54, 1.807) is 0 Å². The molecule has 0 unspecified atom stereocenters. The summed E-state index contributed by atoms with van der Waals surface area (Å²) in [5.74, 6) is 0.973. The van der Waals surface area contributed by atoms with Crippen molar-refractivity contribution in [2.75, 3.05) is 0 Å². The van der Waals surface area contributed by atoms with Gasteiger partial charge in [0.15, 0.2) is 5.89 Å². The average molecular weight is 209 g/mol. The normalized spacial score (nSPS) is 14.9. The first-order valence-electron chi connectivity index (χ1n) is 5.45. The summed E-state index contributed by atoms with van der Waals surface area (Å²) in [5, 5.41) is 8.50. The molecule has 0 aromatic carbocycles. The van der Waals surface area contributed by atoms with Crippen LogP contribution in [0.3, 0.4) is 0 Å². The lowest BCUT2D eigenvalue weighted by Crippen LogP contribution is -1.99. The molecule has 0 saturated carbocycles. The second-order valence-corrected chi connectivity index (χ2v) is 3.93. The Morgan fingerprint density at radius 1 is 1.40 bits per heavy atom. The molecule has 0 aliphatic heterocycles. The molecule has 1 aromatic rings. The summed E-state index contributed by atoms with van der Waals surface area (Å²) in [5.41, 5.74) is 1.09. The first-order valence-corrected chi connectivity index (χ1v) is 5.45. The molecule has 0 fully saturated rings. The SMILES string of the molecule is O=C(O)CCCc1nc2c(o1)CCCC2. The van der Waals surface area contributed by atoms with E-state index in [9.17, 15) is 4.79 Å². The standard InChI is InChI=1S/C11H15NO3/c13-11(14)7-3-6-10-12-8-4-1-2-5-9(8)15-10/h1-7H2,(H,13,14). The molecular weight excluding hydrogens is 194 g/mol. The van der Waals surface area contributed by atoms with Gasteiger partial charge in [-0.15, -0.1) is 0 Å². The third kappa shape index (κ3) is 2.58. The minimum atomic E-state index is -0.758. The van der Waals surface area contributed by atoms with Gasteiger partial charge in [0.25, 0.3) is 0 Å². The fourth-order valence-electron chi connectivity index (χ4n) is 1.90. The highest BCUT2D eigenvalue weighted by Gasteiger charge is 2.16. The number of carboxylic acid groups (broad SMARTS) is 1. The zero-order valence-electron chi connectivity index (χ0n) is 8.66. The van der Waals surface area contributed by atoms with Gasteiger partial charge in [0.2, 0.25) is 0 Å². The summed E-state index contributed by atoms with van der Waals surface area (Å²) in [6, 6.07) is 0. The number of fused-ring (bicyclic) bond motifs is 1. The van der Waals surface area contributed by atoms with Gasteiger partial charge in [0, 0.05) is 19.3 Å². The predicted molar refractivity (Wildman–Crippen MR) is 53.7 cm³/mol. The second-order valence-electron chi connectivity index (χ2n) is 3.93. The third-order valence-corrected chi connectivity index (χ3v) is 2.67. The minimum Gasteiger partial charge on any atom is -0.481 e. The number of rotatable bonds is 4. The lowest BCUT2D eigenvalue weighted by molar-refractivity contribution is -0.137. The Labute approximate surface area is 88.3 Å². The zero-order chi connectivity index (χ0) is 10.7. The summed E-state index contributed by atoms with van der Waals surface area (Å²) in [6.45, 7) is 0. The van der Waals surface area contributed by atoms with Crippen LogP contribution >= 0.6 is 0 Å². The van der Waals surface area contributed by atoms with Crippen molar-refractivity contribution in [1.29, 1.82) is 0 Å². The van der Waals surface area contributed by atoms with E-state index in [1.807, 2.05) is 0 Å². The Kier molecular flexibility index (Phi) is 3.04. The molecule has 0 amide bonds. The lowest BCUT2D eigenvalue weighted by atomic mass is 10.0. The molecule has 1 N–H and O–H groups in total. The highest BCUT2D eigenvalue weighted by Crippen LogP contribution is 2.22. The highest BCUT2D eigenvalue weighted by molar-refractivity contribution is 5.66. The van der Waals surface area contributed by atoms with E-state index in [1.165, 1.54) is 12.8 Å². The van der Waals surface area contributed by atoms with Crippen molar-refractivity contribution < 1.29 is 14.3 Å². The van der Waals surface area contributed by atoms with Gasteiger partial charge >= 0.3 is 5.97 Å². The number of aromatic nitrogens is 1. The van der Waals surface area contributed by atoms with Gasteiger partial charge in [-0.05, 0) is 25.7 Å². The minimum absolute atomic E-state index is 0.188. The van der Waals surface area contributed by atoms with Crippen molar-refractivity contribution in [3.8, 4) is 0 Å². The molecule has 0 spiro atoms. The molecule has 1 heterocycles. The number of carboxylic acids is 1. The first-order chi connectivity index (χ1) is 7.25. The number of oxazole rings is 1. The topological polar surface area (TPSA) is 63.3 Å². The van der Waals surface area contributed by atoms with Crippen LogP contribution in [-0.2, 0) is 24.1 Å². The summed E-state index contributed by atoms with van der Waals surface area (Å²) in [7, 11) is 0. The van der Waals surface area contributed by atoms with Crippen LogP contribution < -0.4 is 0 Å². The van der Waals surface area contributed by atoms with Crippen LogP contribution in [0.15, 0.2) is 4.42 Å². The number of nitrogens with zero attached hydrogens (tertiary/aromatic N) is 1. The van der Waals surface area contributed by atoms with Gasteiger partial charge < -0.3 is 9.52 Å². The molecule has 0 radical (unpaired) electrons. The highest BCUT2D eigenvalue weighted by atomic mass is 16.4. The van der Waals surface area contributed by atoms with E-state index in [4.69, 9.17) is 9.52 Å². The van der Waals surface area contributed by atoms with Crippen LogP contribution in [0.4, 0.5) is 0 Å². The molecule has 1 aliphatic carbocycles. The summed E-state index contributed by atoms with van der Waals surface area (Å²) in [4.78, 5) is 14.7. The lowest BCUT2D eigenvalue weighted by Gasteiger charge is -2.05. The number of hydrogen-bond donors (Lipinski definition) is 1. The maximum absolute atomic E-state index is 10.3. The summed E-state index contributed by atoms with van der Waals surface area (Å²) >= 11 is 0. The molecule has 2 rings (SSSR count). The zero-order valence-corrected chi connectivity index (χ0v) is 8.66. The average Bonchev–Trinajstić information content (AvgIpc) is 2.59. The largest absolute Gasteiger partial charge is 0.481 e. The summed E-state index contributed by atoms with van der Waals surface area (Å²) < 4.78 is 5.58. The summed E-state index contributed by atoms with van der Waals surface area (Å²) in [6.07, 6.45) is 5.80. The van der Waals surface area contributed by atoms with Gasteiger partial charge in [-0.1, -0.05) is 0 Å². The molecule has 82 valence electrons. The predicted octanol–water partition coefficient (Wildman–Crippen LogP) is 1.96. The molecule has 15 heavy (non-hydrogen) atoms. The molecule has 4 heteroatoms. The number of aryl methyl sites for hydroxylation is 3. The van der Waals surface area contributed by atoms with Crippen molar-refractivity contribution in [1.82, 2.24) is 4.98 Å². The van der Waals surface area contributed by atoms with E-state index in [-0.39, 0.29) is 6.42 Å². The fourth-order valence-corrected chi connectivity index (χ4v) is 1.90. The van der Waals surface area contributed by atoms with E-state index in [0.29, 0.717) is 18.7 Å². The van der Waals surface area contributed by atoms with Crippen molar-refractivity contribution in [2.24, 2.45) is 0 Å². The number of aliphatic carboxylic acids is 1. The Morgan fingerprint density at radius 2 is 2.20 bits per heavy atom. The van der Waals surface area contributed by atoms with Gasteiger partial charge in [0.05, 0.1) is 5.69 Å². The van der Waals surface area contributed by atoms with Crippen LogP contribution in [0.5, 0.6) is 0 Å². The van der Waals surface area contributed by atoms with Crippen LogP contribution in [0.2, 0.25) is 0 Å². The van der Waals surface area contributed by atoms with Gasteiger partial charge in [-0.3, -0.25) is 4.79 Å². The Bertz CT molecular complexity index is 333. The van der Waals surface area contributed by atoms with Crippen molar-refractivity contribution in [3.05, 3.63) is 17.3 Å². The third-order valence-electron chi connectivity index (χ3n) is 2.67. The maximum Gasteiger partial charge on any atom is 0.303 e. The van der Waals surface area contributed by atoms with Crippen LogP contribution in [-0.4, -0.2) is 16.1 Å². The maximum atomic E-state index is 10.3. The first kappa shape index (κ1) is 10.2. The van der Waals surface area contributed by atoms with Crippen molar-refractivity contribution >= 4 is 5.97 Å². The van der Waals surface area contributed by atoms with E-state index < -0.39 is 5.97 Å². The van der Waals surface area contributed by atoms with E-state index in [0.717, 1.165) is 24.3 Å². The van der Waals surface area contributed by atoms with Crippen LogP contribution in [0.25, 0.3) is 0 Å². The molecular formula is C11H15NO3. The molecule has 0 saturated heterocycles. The fraction of sp³-hybridized carbons (Fsp3) is 0.636. The molecule has 4 nitrogen and oxygen atoms in total. The van der Waals surface area contributed by atoms with E-state index >= 15 is 0 Å². The van der Waals surface area contributed by atoms with Crippen molar-refractivity contribution in [3.63, 3.8) is 0 Å². The smallest absolute Gasteiger partial charge is 0.303 e. The molecule has 0 bridgehead atoms. The molecule has 0 atom stereocenters. The van der Waals surface area contributed by atoms with E-state index in [2.05, 4.69) is 4.98 Å².